The second-order valence-electron chi connectivity index (χ2n) is 8.02. The Morgan fingerprint density at radius 2 is 1.96 bits per heavy atom. The van der Waals surface area contributed by atoms with Crippen molar-refractivity contribution < 1.29 is 36.2 Å². The van der Waals surface area contributed by atoms with Crippen molar-refractivity contribution in [2.75, 3.05) is 0 Å². The normalized spacial score (nSPS) is 43.7. The highest BCUT2D eigenvalue weighted by Gasteiger charge is 2.73. The molecule has 6 nitrogen and oxygen atoms in total. The van der Waals surface area contributed by atoms with Crippen LogP contribution in [0.2, 0.25) is 0 Å². The first-order valence-corrected chi connectivity index (χ1v) is 9.81. The van der Waals surface area contributed by atoms with Crippen LogP contribution in [0.4, 0.5) is 13.2 Å². The lowest BCUT2D eigenvalue weighted by atomic mass is 9.51. The molecule has 5 aliphatic rings. The van der Waals surface area contributed by atoms with Crippen molar-refractivity contribution in [1.29, 1.82) is 0 Å². The van der Waals surface area contributed by atoms with Crippen molar-refractivity contribution in [3.8, 4) is 0 Å². The molecule has 0 saturated heterocycles. The minimum absolute atomic E-state index is 0.0312. The van der Waals surface area contributed by atoms with Gasteiger partial charge in [0.15, 0.2) is 0 Å². The molecule has 26 heavy (non-hydrogen) atoms. The van der Waals surface area contributed by atoms with E-state index < -0.39 is 38.4 Å². The zero-order valence-corrected chi connectivity index (χ0v) is 14.5. The van der Waals surface area contributed by atoms with Gasteiger partial charge in [-0.1, -0.05) is 6.58 Å². The van der Waals surface area contributed by atoms with E-state index in [-0.39, 0.29) is 30.1 Å². The third kappa shape index (κ3) is 2.20. The van der Waals surface area contributed by atoms with E-state index in [0.717, 1.165) is 12.5 Å². The fourth-order valence-electron chi connectivity index (χ4n) is 6.33. The Morgan fingerprint density at radius 3 is 2.54 bits per heavy atom. The molecule has 0 radical (unpaired) electrons. The van der Waals surface area contributed by atoms with Crippen LogP contribution in [-0.4, -0.2) is 31.4 Å². The first-order valence-electron chi connectivity index (χ1n) is 8.37. The Labute approximate surface area is 148 Å². The van der Waals surface area contributed by atoms with Gasteiger partial charge in [-0.3, -0.25) is 0 Å². The average Bonchev–Trinajstić information content (AvgIpc) is 2.88. The van der Waals surface area contributed by atoms with Crippen LogP contribution in [0.5, 0.6) is 0 Å². The summed E-state index contributed by atoms with van der Waals surface area (Å²) in [6, 6.07) is 0. The van der Waals surface area contributed by atoms with E-state index >= 15 is 0 Å². The molecular weight excluding hydrogens is 375 g/mol. The first kappa shape index (κ1) is 17.8. The Kier molecular flexibility index (Phi) is 3.44. The number of nitrogens with zero attached hydrogens (tertiary/aromatic N) is 1. The number of carbonyl (C=O) groups excluding carboxylic acids is 1. The molecule has 5 saturated carbocycles. The standard InChI is InChI=1S/C16H18F3NO5S/c1-2-11(21)25-15-5-8-3-9-4-14(7-15,6-10(8)12(9)15)13(22)20-26(23,24)16(17,18)19/h2,8-10,12H,1,3-7H2,(H,20,22)/p-1. The summed E-state index contributed by atoms with van der Waals surface area (Å²) in [5, 5.41) is 12.6. The van der Waals surface area contributed by atoms with Gasteiger partial charge in [0.05, 0.1) is 0 Å². The molecule has 144 valence electrons. The van der Waals surface area contributed by atoms with Crippen LogP contribution < -0.4 is 5.11 Å². The van der Waals surface area contributed by atoms with Crippen molar-refractivity contribution in [2.45, 2.75) is 43.2 Å². The lowest BCUT2D eigenvalue weighted by molar-refractivity contribution is -0.250. The van der Waals surface area contributed by atoms with Crippen LogP contribution in [0.15, 0.2) is 17.1 Å². The van der Waals surface area contributed by atoms with Gasteiger partial charge in [-0.15, -0.1) is 0 Å². The SMILES string of the molecule is C=CC(=O)OC12CC3CC4CC(C([O-])=NS(=O)(=O)C(F)(F)F)(CC3C41)C2. The van der Waals surface area contributed by atoms with E-state index in [2.05, 4.69) is 11.0 Å². The Morgan fingerprint density at radius 1 is 1.27 bits per heavy atom. The van der Waals surface area contributed by atoms with Crippen molar-refractivity contribution in [3.05, 3.63) is 12.7 Å². The smallest absolute Gasteiger partial charge is 0.518 e. The van der Waals surface area contributed by atoms with Crippen molar-refractivity contribution in [2.24, 2.45) is 33.5 Å². The van der Waals surface area contributed by atoms with Crippen LogP contribution in [-0.2, 0) is 19.6 Å². The third-order valence-corrected chi connectivity index (χ3v) is 7.72. The van der Waals surface area contributed by atoms with Crippen LogP contribution in [0.1, 0.15) is 32.1 Å². The minimum Gasteiger partial charge on any atom is -0.861 e. The quantitative estimate of drug-likeness (QED) is 0.313. The number of hydrogen-bond donors (Lipinski definition) is 0. The van der Waals surface area contributed by atoms with Gasteiger partial charge in [0, 0.05) is 17.4 Å². The minimum atomic E-state index is -5.89. The molecule has 0 aromatic carbocycles. The van der Waals surface area contributed by atoms with E-state index in [0.29, 0.717) is 19.3 Å². The van der Waals surface area contributed by atoms with Crippen LogP contribution >= 0.6 is 0 Å². The number of carbonyl (C=O) groups is 1. The predicted molar refractivity (Wildman–Crippen MR) is 80.9 cm³/mol. The highest BCUT2D eigenvalue weighted by atomic mass is 32.2. The topological polar surface area (TPSA) is 95.9 Å². The van der Waals surface area contributed by atoms with Gasteiger partial charge in [-0.25, -0.2) is 4.79 Å². The second kappa shape index (κ2) is 5.02. The van der Waals surface area contributed by atoms with E-state index in [1.807, 2.05) is 0 Å². The Balaban J connectivity index is 1.74. The molecular formula is C16H17F3NO5S-. The number of ether oxygens (including phenoxy) is 1. The molecule has 0 aromatic rings. The van der Waals surface area contributed by atoms with Crippen molar-refractivity contribution in [3.63, 3.8) is 0 Å². The number of halogens is 3. The summed E-state index contributed by atoms with van der Waals surface area (Å²) in [6.45, 7) is 3.36. The molecule has 0 heterocycles. The van der Waals surface area contributed by atoms with Gasteiger partial charge >= 0.3 is 21.5 Å². The van der Waals surface area contributed by atoms with Gasteiger partial charge < -0.3 is 9.84 Å². The van der Waals surface area contributed by atoms with Gasteiger partial charge in [-0.2, -0.15) is 26.0 Å². The highest BCUT2D eigenvalue weighted by Crippen LogP contribution is 2.74. The third-order valence-electron chi connectivity index (χ3n) is 6.73. The molecule has 5 aliphatic carbocycles. The van der Waals surface area contributed by atoms with Crippen molar-refractivity contribution >= 4 is 21.9 Å². The van der Waals surface area contributed by atoms with Gasteiger partial charge in [0.1, 0.15) is 5.60 Å². The summed E-state index contributed by atoms with van der Waals surface area (Å²) >= 11 is 0. The summed E-state index contributed by atoms with van der Waals surface area (Å²) < 4.78 is 68.8. The molecule has 0 spiro atoms. The summed E-state index contributed by atoms with van der Waals surface area (Å²) in [6.07, 6.45) is 3.03. The summed E-state index contributed by atoms with van der Waals surface area (Å²) in [5.74, 6) is -1.51. The molecule has 0 amide bonds. The van der Waals surface area contributed by atoms with E-state index in [1.165, 1.54) is 0 Å². The fraction of sp³-hybridized carbons (Fsp3) is 0.750. The largest absolute Gasteiger partial charge is 0.861 e. The maximum absolute atomic E-state index is 12.6. The molecule has 0 N–H and O–H groups in total. The maximum Gasteiger partial charge on any atom is 0.518 e. The Hall–Kier alpha value is -1.58. The van der Waals surface area contributed by atoms with Gasteiger partial charge in [0.2, 0.25) is 0 Å². The summed E-state index contributed by atoms with van der Waals surface area (Å²) in [7, 11) is -5.89. The van der Waals surface area contributed by atoms with E-state index in [1.54, 1.807) is 0 Å². The Bertz CT molecular complexity index is 822. The van der Waals surface area contributed by atoms with Gasteiger partial charge in [-0.05, 0) is 55.8 Å². The predicted octanol–water partition coefficient (Wildman–Crippen LogP) is 1.52. The summed E-state index contributed by atoms with van der Waals surface area (Å²) in [4.78, 5) is 11.8. The van der Waals surface area contributed by atoms with Crippen LogP contribution in [0, 0.1) is 29.1 Å². The lowest BCUT2D eigenvalue weighted by Gasteiger charge is -2.59. The van der Waals surface area contributed by atoms with Crippen LogP contribution in [0.25, 0.3) is 0 Å². The van der Waals surface area contributed by atoms with E-state index in [9.17, 15) is 31.5 Å². The highest BCUT2D eigenvalue weighted by molar-refractivity contribution is 7.91. The van der Waals surface area contributed by atoms with Crippen molar-refractivity contribution in [1.82, 2.24) is 0 Å². The van der Waals surface area contributed by atoms with Crippen LogP contribution in [0.3, 0.4) is 0 Å². The zero-order chi connectivity index (χ0) is 19.1. The zero-order valence-electron chi connectivity index (χ0n) is 13.7. The number of esters is 1. The number of hydrogen-bond acceptors (Lipinski definition) is 5. The molecule has 6 atom stereocenters. The fourth-order valence-corrected chi connectivity index (χ4v) is 6.85. The lowest BCUT2D eigenvalue weighted by Crippen LogP contribution is -2.61. The number of sulfonamides is 1. The summed E-state index contributed by atoms with van der Waals surface area (Å²) in [5.41, 5.74) is -7.85. The molecule has 5 fully saturated rings. The second-order valence-corrected chi connectivity index (χ2v) is 9.62. The molecule has 10 heteroatoms. The molecule has 5 rings (SSSR count). The first-order chi connectivity index (χ1) is 11.9. The maximum atomic E-state index is 12.6. The molecule has 6 bridgehead atoms. The van der Waals surface area contributed by atoms with E-state index in [4.69, 9.17) is 4.74 Å². The monoisotopic (exact) mass is 392 g/mol. The number of alkyl halides is 3. The molecule has 6 unspecified atom stereocenters. The average molecular weight is 392 g/mol. The molecule has 0 aliphatic heterocycles. The molecule has 0 aromatic heterocycles. The number of rotatable bonds is 4. The van der Waals surface area contributed by atoms with Gasteiger partial charge in [0.25, 0.3) is 0 Å².